The monoisotopic (exact) mass is 220 g/mol. The number of rotatable bonds is 1. The van der Waals surface area contributed by atoms with E-state index in [2.05, 4.69) is 10.1 Å². The lowest BCUT2D eigenvalue weighted by molar-refractivity contribution is 0.320. The Morgan fingerprint density at radius 1 is 1.46 bits per heavy atom. The molecule has 0 aliphatic rings. The topological polar surface area (TPSA) is 45.5 Å². The van der Waals surface area contributed by atoms with Gasteiger partial charge in [0.25, 0.3) is 0 Å². The molecule has 1 aromatic heterocycles. The molecule has 0 spiro atoms. The summed E-state index contributed by atoms with van der Waals surface area (Å²) in [6.07, 6.45) is 0. The number of pyridine rings is 1. The Bertz CT molecular complexity index is 306. The van der Waals surface area contributed by atoms with E-state index in [0.717, 1.165) is 11.3 Å². The summed E-state index contributed by atoms with van der Waals surface area (Å²) in [6.45, 7) is 3.79. The number of aromatic nitrogens is 1. The minimum absolute atomic E-state index is 0. The van der Waals surface area contributed by atoms with Crippen molar-refractivity contribution in [2.45, 2.75) is 13.8 Å². The summed E-state index contributed by atoms with van der Waals surface area (Å²) >= 11 is 5.57. The number of aryl methyl sites for hydroxylation is 2. The molecule has 0 aromatic carbocycles. The van der Waals surface area contributed by atoms with E-state index in [0.29, 0.717) is 5.69 Å². The van der Waals surface area contributed by atoms with Crippen molar-refractivity contribution in [1.29, 1.82) is 0 Å². The Kier molecular flexibility index (Phi) is 4.73. The normalized spacial score (nSPS) is 10.8. The van der Waals surface area contributed by atoms with Crippen molar-refractivity contribution < 1.29 is 5.21 Å². The van der Waals surface area contributed by atoms with Crippen LogP contribution in [0.4, 0.5) is 0 Å². The molecule has 0 radical (unpaired) electrons. The minimum Gasteiger partial charge on any atom is -0.410 e. The Morgan fingerprint density at radius 3 is 2.54 bits per heavy atom. The van der Waals surface area contributed by atoms with Gasteiger partial charge in [-0.15, -0.1) is 12.4 Å². The van der Waals surface area contributed by atoms with E-state index in [1.165, 1.54) is 0 Å². The van der Waals surface area contributed by atoms with Gasteiger partial charge in [-0.1, -0.05) is 16.8 Å². The van der Waals surface area contributed by atoms with Gasteiger partial charge in [0.15, 0.2) is 5.17 Å². The highest BCUT2D eigenvalue weighted by Crippen LogP contribution is 2.07. The van der Waals surface area contributed by atoms with Crippen molar-refractivity contribution in [3.63, 3.8) is 0 Å². The van der Waals surface area contributed by atoms with Crippen molar-refractivity contribution >= 4 is 29.2 Å². The first-order valence-corrected chi connectivity index (χ1v) is 3.84. The highest BCUT2D eigenvalue weighted by atomic mass is 35.5. The lowest BCUT2D eigenvalue weighted by Crippen LogP contribution is -1.98. The predicted molar refractivity (Wildman–Crippen MR) is 55.1 cm³/mol. The molecule has 0 aliphatic heterocycles. The van der Waals surface area contributed by atoms with Gasteiger partial charge in [-0.05, 0) is 31.5 Å². The van der Waals surface area contributed by atoms with Crippen LogP contribution in [0.1, 0.15) is 17.0 Å². The fourth-order valence-corrected chi connectivity index (χ4v) is 1.10. The first-order valence-electron chi connectivity index (χ1n) is 3.46. The third-order valence-corrected chi connectivity index (χ3v) is 1.67. The van der Waals surface area contributed by atoms with Crippen LogP contribution in [0.15, 0.2) is 17.3 Å². The molecule has 1 rings (SSSR count). The van der Waals surface area contributed by atoms with Crippen molar-refractivity contribution in [2.24, 2.45) is 5.16 Å². The molecule has 13 heavy (non-hydrogen) atoms. The van der Waals surface area contributed by atoms with Gasteiger partial charge in [0.2, 0.25) is 0 Å². The van der Waals surface area contributed by atoms with Crippen LogP contribution in [0.2, 0.25) is 0 Å². The van der Waals surface area contributed by atoms with Gasteiger partial charge in [-0.2, -0.15) is 0 Å². The summed E-state index contributed by atoms with van der Waals surface area (Å²) in [5.74, 6) is 0. The first kappa shape index (κ1) is 12.2. The van der Waals surface area contributed by atoms with Crippen molar-refractivity contribution in [3.05, 3.63) is 29.1 Å². The third-order valence-electron chi connectivity index (χ3n) is 1.40. The average molecular weight is 221 g/mol. The van der Waals surface area contributed by atoms with Crippen LogP contribution in [0.5, 0.6) is 0 Å². The maximum absolute atomic E-state index is 8.39. The van der Waals surface area contributed by atoms with Gasteiger partial charge < -0.3 is 5.21 Å². The summed E-state index contributed by atoms with van der Waals surface area (Å²) in [5.41, 5.74) is 2.39. The average Bonchev–Trinajstić information content (AvgIpc) is 2.01. The Balaban J connectivity index is 0.00000144. The molecule has 72 valence electrons. The van der Waals surface area contributed by atoms with Crippen molar-refractivity contribution in [1.82, 2.24) is 4.98 Å². The molecule has 0 bridgehead atoms. The van der Waals surface area contributed by atoms with E-state index >= 15 is 0 Å². The first-order chi connectivity index (χ1) is 5.63. The highest BCUT2D eigenvalue weighted by molar-refractivity contribution is 6.69. The number of nitrogens with zero attached hydrogens (tertiary/aromatic N) is 2. The quantitative estimate of drug-likeness (QED) is 0.449. The summed E-state index contributed by atoms with van der Waals surface area (Å²) in [7, 11) is 0. The van der Waals surface area contributed by atoms with E-state index in [1.54, 1.807) is 6.07 Å². The number of hydrogen-bond donors (Lipinski definition) is 1. The molecule has 1 heterocycles. The summed E-state index contributed by atoms with van der Waals surface area (Å²) < 4.78 is 0. The van der Waals surface area contributed by atoms with Crippen LogP contribution >= 0.6 is 24.0 Å². The second kappa shape index (κ2) is 5.04. The highest BCUT2D eigenvalue weighted by Gasteiger charge is 2.02. The summed E-state index contributed by atoms with van der Waals surface area (Å²) in [6, 6.07) is 3.68. The molecule has 1 aromatic rings. The van der Waals surface area contributed by atoms with E-state index in [4.69, 9.17) is 16.8 Å². The largest absolute Gasteiger partial charge is 0.410 e. The van der Waals surface area contributed by atoms with Crippen LogP contribution in [0, 0.1) is 13.8 Å². The lowest BCUT2D eigenvalue weighted by atomic mass is 10.2. The van der Waals surface area contributed by atoms with E-state index < -0.39 is 0 Å². The molecule has 0 amide bonds. The van der Waals surface area contributed by atoms with Crippen LogP contribution in [0.3, 0.4) is 0 Å². The molecule has 0 atom stereocenters. The lowest BCUT2D eigenvalue weighted by Gasteiger charge is -1.99. The summed E-state index contributed by atoms with van der Waals surface area (Å²) in [4.78, 5) is 4.08. The van der Waals surface area contributed by atoms with Gasteiger partial charge >= 0.3 is 0 Å². The Hall–Kier alpha value is -0.800. The molecule has 5 heteroatoms. The smallest absolute Gasteiger partial charge is 0.193 e. The second-order valence-electron chi connectivity index (χ2n) is 2.56. The fraction of sp³-hybridized carbons (Fsp3) is 0.250. The van der Waals surface area contributed by atoms with E-state index in [9.17, 15) is 0 Å². The Morgan fingerprint density at radius 2 is 2.08 bits per heavy atom. The molecule has 0 saturated carbocycles. The van der Waals surface area contributed by atoms with E-state index in [-0.39, 0.29) is 17.6 Å². The van der Waals surface area contributed by atoms with Crippen LogP contribution in [-0.4, -0.2) is 15.4 Å². The SMILES string of the molecule is Cc1cc(C)nc(C(Cl)=NO)c1.Cl. The maximum atomic E-state index is 8.39. The molecule has 1 N–H and O–H groups in total. The van der Waals surface area contributed by atoms with Gasteiger partial charge in [0.05, 0.1) is 0 Å². The van der Waals surface area contributed by atoms with Gasteiger partial charge in [0.1, 0.15) is 5.69 Å². The zero-order valence-corrected chi connectivity index (χ0v) is 8.85. The van der Waals surface area contributed by atoms with Gasteiger partial charge in [0, 0.05) is 5.69 Å². The maximum Gasteiger partial charge on any atom is 0.193 e. The number of halogens is 2. The van der Waals surface area contributed by atoms with Crippen molar-refractivity contribution in [2.75, 3.05) is 0 Å². The number of hydrogen-bond acceptors (Lipinski definition) is 3. The Labute approximate surface area is 87.8 Å². The molecular formula is C8H10Cl2N2O. The zero-order valence-electron chi connectivity index (χ0n) is 7.28. The summed E-state index contributed by atoms with van der Waals surface area (Å²) in [5, 5.41) is 11.3. The van der Waals surface area contributed by atoms with Crippen molar-refractivity contribution in [3.8, 4) is 0 Å². The number of oxime groups is 1. The zero-order chi connectivity index (χ0) is 9.14. The molecular weight excluding hydrogens is 211 g/mol. The molecule has 3 nitrogen and oxygen atoms in total. The van der Waals surface area contributed by atoms with Crippen LogP contribution in [0.25, 0.3) is 0 Å². The van der Waals surface area contributed by atoms with Gasteiger partial charge in [-0.25, -0.2) is 0 Å². The van der Waals surface area contributed by atoms with E-state index in [1.807, 2.05) is 19.9 Å². The molecule has 0 saturated heterocycles. The minimum atomic E-state index is 0. The molecule has 0 fully saturated rings. The fourth-order valence-electron chi connectivity index (χ4n) is 0.998. The van der Waals surface area contributed by atoms with Crippen LogP contribution < -0.4 is 0 Å². The third kappa shape index (κ3) is 3.20. The molecule has 0 aliphatic carbocycles. The standard InChI is InChI=1S/C8H9ClN2O.ClH/c1-5-3-6(2)10-7(4-5)8(9)11-12;/h3-4,12H,1-2H3;1H. The van der Waals surface area contributed by atoms with Gasteiger partial charge in [-0.3, -0.25) is 4.98 Å². The second-order valence-corrected chi connectivity index (χ2v) is 2.92. The molecule has 0 unspecified atom stereocenters. The van der Waals surface area contributed by atoms with Crippen LogP contribution in [-0.2, 0) is 0 Å². The predicted octanol–water partition coefficient (Wildman–Crippen LogP) is 2.49.